The first-order valence-corrected chi connectivity index (χ1v) is 7.71. The standard InChI is InChI=1S/C17H22N2O3/c1-21-8-9-22-12-13-5-7-19(11-13)17(20)15-2-3-16-14(10-15)4-6-18-16/h2-4,6,10,13,18H,5,7-9,11-12H2,1H3. The molecule has 1 aromatic carbocycles. The summed E-state index contributed by atoms with van der Waals surface area (Å²) in [5.74, 6) is 0.541. The summed E-state index contributed by atoms with van der Waals surface area (Å²) < 4.78 is 10.5. The number of aromatic nitrogens is 1. The Bertz CT molecular complexity index is 638. The number of H-pyrrole nitrogens is 1. The number of nitrogens with zero attached hydrogens (tertiary/aromatic N) is 1. The number of carbonyl (C=O) groups is 1. The molecule has 1 fully saturated rings. The molecule has 1 atom stereocenters. The SMILES string of the molecule is COCCOCC1CCN(C(=O)c2ccc3[nH]ccc3c2)C1. The van der Waals surface area contributed by atoms with Crippen LogP contribution >= 0.6 is 0 Å². The van der Waals surface area contributed by atoms with Gasteiger partial charge in [-0.25, -0.2) is 0 Å². The van der Waals surface area contributed by atoms with Crippen molar-refractivity contribution >= 4 is 16.8 Å². The van der Waals surface area contributed by atoms with Gasteiger partial charge in [-0.3, -0.25) is 4.79 Å². The smallest absolute Gasteiger partial charge is 0.253 e. The second-order valence-electron chi connectivity index (χ2n) is 5.75. The molecule has 0 saturated carbocycles. The summed E-state index contributed by atoms with van der Waals surface area (Å²) in [7, 11) is 1.67. The van der Waals surface area contributed by atoms with Crippen LogP contribution in [0.25, 0.3) is 10.9 Å². The molecule has 0 spiro atoms. The lowest BCUT2D eigenvalue weighted by Gasteiger charge is -2.17. The second-order valence-corrected chi connectivity index (χ2v) is 5.75. The molecule has 0 aliphatic carbocycles. The maximum absolute atomic E-state index is 12.6. The van der Waals surface area contributed by atoms with E-state index < -0.39 is 0 Å². The Morgan fingerprint density at radius 2 is 2.27 bits per heavy atom. The summed E-state index contributed by atoms with van der Waals surface area (Å²) >= 11 is 0. The first kappa shape index (κ1) is 15.1. The third-order valence-corrected chi connectivity index (χ3v) is 4.16. The number of likely N-dealkylation sites (tertiary alicyclic amines) is 1. The van der Waals surface area contributed by atoms with Crippen molar-refractivity contribution in [1.82, 2.24) is 9.88 Å². The van der Waals surface area contributed by atoms with Crippen molar-refractivity contribution in [2.24, 2.45) is 5.92 Å². The van der Waals surface area contributed by atoms with Gasteiger partial charge in [0, 0.05) is 48.8 Å². The number of fused-ring (bicyclic) bond motifs is 1. The van der Waals surface area contributed by atoms with Gasteiger partial charge in [0.1, 0.15) is 0 Å². The van der Waals surface area contributed by atoms with Crippen molar-refractivity contribution in [2.45, 2.75) is 6.42 Å². The van der Waals surface area contributed by atoms with Gasteiger partial charge in [-0.15, -0.1) is 0 Å². The molecule has 1 aliphatic rings. The zero-order chi connectivity index (χ0) is 15.4. The lowest BCUT2D eigenvalue weighted by molar-refractivity contribution is 0.0515. The van der Waals surface area contributed by atoms with Crippen LogP contribution in [0.1, 0.15) is 16.8 Å². The Balaban J connectivity index is 1.56. The zero-order valence-corrected chi connectivity index (χ0v) is 12.9. The predicted octanol–water partition coefficient (Wildman–Crippen LogP) is 2.29. The van der Waals surface area contributed by atoms with Crippen molar-refractivity contribution in [3.63, 3.8) is 0 Å². The summed E-state index contributed by atoms with van der Waals surface area (Å²) in [5, 5.41) is 1.07. The van der Waals surface area contributed by atoms with Crippen LogP contribution in [0.5, 0.6) is 0 Å². The van der Waals surface area contributed by atoms with Gasteiger partial charge in [0.05, 0.1) is 19.8 Å². The molecule has 0 bridgehead atoms. The normalized spacial score (nSPS) is 18.2. The van der Waals surface area contributed by atoms with E-state index in [1.54, 1.807) is 7.11 Å². The highest BCUT2D eigenvalue weighted by Gasteiger charge is 2.27. The Morgan fingerprint density at radius 3 is 3.14 bits per heavy atom. The molecule has 5 nitrogen and oxygen atoms in total. The first-order chi connectivity index (χ1) is 10.8. The molecule has 2 aromatic rings. The molecular weight excluding hydrogens is 280 g/mol. The van der Waals surface area contributed by atoms with E-state index in [1.165, 1.54) is 0 Å². The quantitative estimate of drug-likeness (QED) is 0.833. The third-order valence-electron chi connectivity index (χ3n) is 4.16. The van der Waals surface area contributed by atoms with Gasteiger partial charge < -0.3 is 19.4 Å². The lowest BCUT2D eigenvalue weighted by atomic mass is 10.1. The minimum atomic E-state index is 0.113. The highest BCUT2D eigenvalue weighted by atomic mass is 16.5. The molecule has 1 saturated heterocycles. The molecule has 1 aliphatic heterocycles. The number of ether oxygens (including phenoxy) is 2. The van der Waals surface area contributed by atoms with E-state index in [0.29, 0.717) is 25.7 Å². The number of hydrogen-bond donors (Lipinski definition) is 1. The number of amides is 1. The largest absolute Gasteiger partial charge is 0.382 e. The van der Waals surface area contributed by atoms with Crippen LogP contribution in [-0.4, -0.2) is 55.8 Å². The highest BCUT2D eigenvalue weighted by molar-refractivity contribution is 5.98. The summed E-state index contributed by atoms with van der Waals surface area (Å²) in [6.45, 7) is 3.51. The fourth-order valence-electron chi connectivity index (χ4n) is 2.91. The average molecular weight is 302 g/mol. The fourth-order valence-corrected chi connectivity index (χ4v) is 2.91. The van der Waals surface area contributed by atoms with Crippen molar-refractivity contribution in [3.8, 4) is 0 Å². The number of benzene rings is 1. The Kier molecular flexibility index (Phi) is 4.75. The van der Waals surface area contributed by atoms with E-state index in [-0.39, 0.29) is 5.91 Å². The third kappa shape index (κ3) is 3.31. The molecule has 118 valence electrons. The summed E-state index contributed by atoms with van der Waals surface area (Å²) in [5.41, 5.74) is 1.82. The van der Waals surface area contributed by atoms with Crippen LogP contribution in [0.2, 0.25) is 0 Å². The molecule has 1 amide bonds. The maximum Gasteiger partial charge on any atom is 0.253 e. The molecule has 2 heterocycles. The predicted molar refractivity (Wildman–Crippen MR) is 85.0 cm³/mol. The molecule has 1 N–H and O–H groups in total. The molecule has 1 aromatic heterocycles. The number of nitrogens with one attached hydrogen (secondary N) is 1. The van der Waals surface area contributed by atoms with Crippen LogP contribution in [0.3, 0.4) is 0 Å². The topological polar surface area (TPSA) is 54.6 Å². The van der Waals surface area contributed by atoms with Crippen molar-refractivity contribution < 1.29 is 14.3 Å². The molecule has 22 heavy (non-hydrogen) atoms. The molecule has 5 heteroatoms. The molecule has 1 unspecified atom stereocenters. The van der Waals surface area contributed by atoms with Crippen molar-refractivity contribution in [3.05, 3.63) is 36.0 Å². The number of rotatable bonds is 6. The zero-order valence-electron chi connectivity index (χ0n) is 12.9. The molecule has 3 rings (SSSR count). The number of aromatic amines is 1. The van der Waals surface area contributed by atoms with Gasteiger partial charge in [0.25, 0.3) is 5.91 Å². The van der Waals surface area contributed by atoms with Gasteiger partial charge in [-0.05, 0) is 30.7 Å². The van der Waals surface area contributed by atoms with Crippen molar-refractivity contribution in [1.29, 1.82) is 0 Å². The van der Waals surface area contributed by atoms with Crippen LogP contribution in [-0.2, 0) is 9.47 Å². The summed E-state index contributed by atoms with van der Waals surface area (Å²) in [6.07, 6.45) is 2.90. The van der Waals surface area contributed by atoms with Gasteiger partial charge in [0.2, 0.25) is 0 Å². The summed E-state index contributed by atoms with van der Waals surface area (Å²) in [4.78, 5) is 17.7. The van der Waals surface area contributed by atoms with E-state index in [9.17, 15) is 4.79 Å². The minimum absolute atomic E-state index is 0.113. The van der Waals surface area contributed by atoms with Crippen molar-refractivity contribution in [2.75, 3.05) is 40.0 Å². The van der Waals surface area contributed by atoms with Gasteiger partial charge in [-0.2, -0.15) is 0 Å². The monoisotopic (exact) mass is 302 g/mol. The Morgan fingerprint density at radius 1 is 1.36 bits per heavy atom. The Hall–Kier alpha value is -1.85. The van der Waals surface area contributed by atoms with E-state index in [0.717, 1.165) is 36.0 Å². The van der Waals surface area contributed by atoms with E-state index in [1.807, 2.05) is 35.4 Å². The number of carbonyl (C=O) groups excluding carboxylic acids is 1. The van der Waals surface area contributed by atoms with E-state index in [4.69, 9.17) is 9.47 Å². The van der Waals surface area contributed by atoms with Gasteiger partial charge >= 0.3 is 0 Å². The fraction of sp³-hybridized carbons (Fsp3) is 0.471. The maximum atomic E-state index is 12.6. The van der Waals surface area contributed by atoms with Crippen LogP contribution in [0.15, 0.2) is 30.5 Å². The molecule has 0 radical (unpaired) electrons. The average Bonchev–Trinajstić information content (AvgIpc) is 3.19. The number of hydrogen-bond acceptors (Lipinski definition) is 3. The van der Waals surface area contributed by atoms with Crippen LogP contribution in [0.4, 0.5) is 0 Å². The lowest BCUT2D eigenvalue weighted by Crippen LogP contribution is -2.29. The first-order valence-electron chi connectivity index (χ1n) is 7.71. The number of methoxy groups -OCH3 is 1. The van der Waals surface area contributed by atoms with E-state index >= 15 is 0 Å². The molecular formula is C17H22N2O3. The van der Waals surface area contributed by atoms with E-state index in [2.05, 4.69) is 4.98 Å². The Labute approximate surface area is 130 Å². The minimum Gasteiger partial charge on any atom is -0.382 e. The van der Waals surface area contributed by atoms with Crippen LogP contribution < -0.4 is 0 Å². The van der Waals surface area contributed by atoms with Crippen LogP contribution in [0, 0.1) is 5.92 Å². The van der Waals surface area contributed by atoms with Gasteiger partial charge in [0.15, 0.2) is 0 Å². The summed E-state index contributed by atoms with van der Waals surface area (Å²) in [6, 6.07) is 7.80. The highest BCUT2D eigenvalue weighted by Crippen LogP contribution is 2.21. The van der Waals surface area contributed by atoms with Gasteiger partial charge in [-0.1, -0.05) is 0 Å². The second kappa shape index (κ2) is 6.94.